The molecule has 140 valence electrons. The van der Waals surface area contributed by atoms with Crippen LogP contribution in [-0.4, -0.2) is 35.6 Å². The van der Waals surface area contributed by atoms with Gasteiger partial charge >= 0.3 is 0 Å². The fourth-order valence-electron chi connectivity index (χ4n) is 3.28. The van der Waals surface area contributed by atoms with Crippen molar-refractivity contribution in [3.63, 3.8) is 0 Å². The molecular weight excluding hydrogens is 340 g/mol. The summed E-state index contributed by atoms with van der Waals surface area (Å²) in [6.45, 7) is 4.63. The number of piperidine rings is 1. The zero-order chi connectivity index (χ0) is 19.4. The minimum atomic E-state index is -0.131. The predicted octanol–water partition coefficient (Wildman–Crippen LogP) is 3.69. The Labute approximate surface area is 159 Å². The number of nitrogens with zero attached hydrogens (tertiary/aromatic N) is 1. The number of aryl methyl sites for hydroxylation is 1. The van der Waals surface area contributed by atoms with Gasteiger partial charge in [0.2, 0.25) is 5.91 Å². The molecule has 1 heterocycles. The zero-order valence-corrected chi connectivity index (χ0v) is 15.7. The van der Waals surface area contributed by atoms with Crippen molar-refractivity contribution in [1.82, 2.24) is 4.90 Å². The number of ketones is 1. The van der Waals surface area contributed by atoms with E-state index in [9.17, 15) is 14.4 Å². The third-order valence-electron chi connectivity index (χ3n) is 4.99. The Morgan fingerprint density at radius 1 is 0.963 bits per heavy atom. The smallest absolute Gasteiger partial charge is 0.253 e. The van der Waals surface area contributed by atoms with Crippen molar-refractivity contribution >= 4 is 23.3 Å². The summed E-state index contributed by atoms with van der Waals surface area (Å²) in [5.74, 6) is -0.205. The first kappa shape index (κ1) is 18.8. The van der Waals surface area contributed by atoms with Crippen molar-refractivity contribution in [2.45, 2.75) is 26.7 Å². The van der Waals surface area contributed by atoms with Crippen LogP contribution in [0.5, 0.6) is 0 Å². The number of amides is 2. The summed E-state index contributed by atoms with van der Waals surface area (Å²) in [5.41, 5.74) is 3.01. The standard InChI is InChI=1S/C22H24N2O3/c1-15-6-8-18(9-7-15)22(27)24-12-10-17(11-13-24)21(26)23-20-5-3-4-19(14-20)16(2)25/h3-9,14,17H,10-13H2,1-2H3,(H,23,26). The first-order valence-corrected chi connectivity index (χ1v) is 9.22. The average Bonchev–Trinajstić information content (AvgIpc) is 2.68. The van der Waals surface area contributed by atoms with E-state index in [1.165, 1.54) is 6.92 Å². The maximum Gasteiger partial charge on any atom is 0.253 e. The fourth-order valence-corrected chi connectivity index (χ4v) is 3.28. The van der Waals surface area contributed by atoms with Crippen molar-refractivity contribution in [3.8, 4) is 0 Å². The van der Waals surface area contributed by atoms with E-state index in [1.807, 2.05) is 36.1 Å². The van der Waals surface area contributed by atoms with Crippen LogP contribution < -0.4 is 5.32 Å². The highest BCUT2D eigenvalue weighted by molar-refractivity contribution is 5.98. The summed E-state index contributed by atoms with van der Waals surface area (Å²) in [6.07, 6.45) is 1.27. The minimum Gasteiger partial charge on any atom is -0.339 e. The SMILES string of the molecule is CC(=O)c1cccc(NC(=O)C2CCN(C(=O)c3ccc(C)cc3)CC2)c1. The van der Waals surface area contributed by atoms with Crippen molar-refractivity contribution in [3.05, 3.63) is 65.2 Å². The molecule has 0 bridgehead atoms. The van der Waals surface area contributed by atoms with Crippen LogP contribution in [0.3, 0.4) is 0 Å². The van der Waals surface area contributed by atoms with Gasteiger partial charge in [-0.15, -0.1) is 0 Å². The number of benzene rings is 2. The number of carbonyl (C=O) groups is 3. The van der Waals surface area contributed by atoms with Crippen LogP contribution in [-0.2, 0) is 4.79 Å². The number of carbonyl (C=O) groups excluding carboxylic acids is 3. The second kappa shape index (κ2) is 8.16. The molecule has 1 fully saturated rings. The minimum absolute atomic E-state index is 0.0167. The summed E-state index contributed by atoms with van der Waals surface area (Å²) in [7, 11) is 0. The van der Waals surface area contributed by atoms with Gasteiger partial charge < -0.3 is 10.2 Å². The number of likely N-dealkylation sites (tertiary alicyclic amines) is 1. The monoisotopic (exact) mass is 364 g/mol. The first-order valence-electron chi connectivity index (χ1n) is 9.22. The van der Waals surface area contributed by atoms with Gasteiger partial charge in [-0.2, -0.15) is 0 Å². The summed E-state index contributed by atoms with van der Waals surface area (Å²) < 4.78 is 0. The molecule has 2 amide bonds. The van der Waals surface area contributed by atoms with Gasteiger partial charge in [-0.25, -0.2) is 0 Å². The normalized spacial score (nSPS) is 14.7. The number of anilines is 1. The van der Waals surface area contributed by atoms with Crippen LogP contribution >= 0.6 is 0 Å². The van der Waals surface area contributed by atoms with Crippen LogP contribution in [0.15, 0.2) is 48.5 Å². The lowest BCUT2D eigenvalue weighted by Crippen LogP contribution is -2.41. The quantitative estimate of drug-likeness (QED) is 0.842. The molecule has 27 heavy (non-hydrogen) atoms. The van der Waals surface area contributed by atoms with Gasteiger partial charge in [-0.05, 0) is 51.0 Å². The summed E-state index contributed by atoms with van der Waals surface area (Å²) >= 11 is 0. The van der Waals surface area contributed by atoms with E-state index in [-0.39, 0.29) is 23.5 Å². The second-order valence-electron chi connectivity index (χ2n) is 7.06. The van der Waals surface area contributed by atoms with Gasteiger partial charge in [0.1, 0.15) is 0 Å². The van der Waals surface area contributed by atoms with Crippen molar-refractivity contribution in [1.29, 1.82) is 0 Å². The summed E-state index contributed by atoms with van der Waals surface area (Å²) in [6, 6.07) is 14.5. The van der Waals surface area contributed by atoms with E-state index in [0.717, 1.165) is 5.56 Å². The van der Waals surface area contributed by atoms with E-state index < -0.39 is 0 Å². The summed E-state index contributed by atoms with van der Waals surface area (Å²) in [4.78, 5) is 38.4. The van der Waals surface area contributed by atoms with Crippen LogP contribution in [0.1, 0.15) is 46.0 Å². The Hall–Kier alpha value is -2.95. The van der Waals surface area contributed by atoms with Crippen molar-refractivity contribution < 1.29 is 14.4 Å². The van der Waals surface area contributed by atoms with Gasteiger partial charge in [0.15, 0.2) is 5.78 Å². The molecule has 1 N–H and O–H groups in total. The number of rotatable bonds is 4. The van der Waals surface area contributed by atoms with Crippen LogP contribution in [0, 0.1) is 12.8 Å². The highest BCUT2D eigenvalue weighted by Gasteiger charge is 2.27. The van der Waals surface area contributed by atoms with Crippen LogP contribution in [0.25, 0.3) is 0 Å². The molecule has 0 saturated carbocycles. The molecule has 2 aromatic carbocycles. The third kappa shape index (κ3) is 4.61. The topological polar surface area (TPSA) is 66.5 Å². The first-order chi connectivity index (χ1) is 12.9. The lowest BCUT2D eigenvalue weighted by atomic mass is 9.95. The predicted molar refractivity (Wildman–Crippen MR) is 105 cm³/mol. The van der Waals surface area contributed by atoms with E-state index >= 15 is 0 Å². The highest BCUT2D eigenvalue weighted by atomic mass is 16.2. The molecule has 1 aliphatic rings. The zero-order valence-electron chi connectivity index (χ0n) is 15.7. The molecule has 0 aromatic heterocycles. The van der Waals surface area contributed by atoms with Gasteiger partial charge in [-0.1, -0.05) is 29.8 Å². The van der Waals surface area contributed by atoms with Gasteiger partial charge in [0, 0.05) is 35.8 Å². The van der Waals surface area contributed by atoms with Gasteiger partial charge in [-0.3, -0.25) is 14.4 Å². The third-order valence-corrected chi connectivity index (χ3v) is 4.99. The maximum atomic E-state index is 12.6. The molecule has 0 spiro atoms. The molecule has 3 rings (SSSR count). The average molecular weight is 364 g/mol. The molecule has 2 aromatic rings. The number of hydrogen-bond donors (Lipinski definition) is 1. The van der Waals surface area contributed by atoms with E-state index in [2.05, 4.69) is 5.32 Å². The van der Waals surface area contributed by atoms with Gasteiger partial charge in [0.05, 0.1) is 0 Å². The summed E-state index contributed by atoms with van der Waals surface area (Å²) in [5, 5.41) is 2.89. The molecular formula is C22H24N2O3. The number of nitrogens with one attached hydrogen (secondary N) is 1. The molecule has 5 nitrogen and oxygen atoms in total. The Bertz CT molecular complexity index is 850. The molecule has 0 atom stereocenters. The molecule has 5 heteroatoms. The Morgan fingerprint density at radius 3 is 2.26 bits per heavy atom. The lowest BCUT2D eigenvalue weighted by molar-refractivity contribution is -0.121. The number of Topliss-reactive ketones (excluding diaryl/α,β-unsaturated/α-hetero) is 1. The van der Waals surface area contributed by atoms with E-state index in [4.69, 9.17) is 0 Å². The molecule has 0 radical (unpaired) electrons. The molecule has 0 unspecified atom stereocenters. The Morgan fingerprint density at radius 2 is 1.63 bits per heavy atom. The fraction of sp³-hybridized carbons (Fsp3) is 0.318. The molecule has 1 aliphatic heterocycles. The largest absolute Gasteiger partial charge is 0.339 e. The highest BCUT2D eigenvalue weighted by Crippen LogP contribution is 2.21. The molecule has 1 saturated heterocycles. The van der Waals surface area contributed by atoms with E-state index in [0.29, 0.717) is 42.7 Å². The van der Waals surface area contributed by atoms with Gasteiger partial charge in [0.25, 0.3) is 5.91 Å². The Balaban J connectivity index is 1.56. The van der Waals surface area contributed by atoms with Crippen molar-refractivity contribution in [2.24, 2.45) is 5.92 Å². The lowest BCUT2D eigenvalue weighted by Gasteiger charge is -2.31. The second-order valence-corrected chi connectivity index (χ2v) is 7.06. The van der Waals surface area contributed by atoms with Crippen LogP contribution in [0.2, 0.25) is 0 Å². The molecule has 0 aliphatic carbocycles. The maximum absolute atomic E-state index is 12.6. The van der Waals surface area contributed by atoms with E-state index in [1.54, 1.807) is 24.3 Å². The van der Waals surface area contributed by atoms with Crippen LogP contribution in [0.4, 0.5) is 5.69 Å². The number of hydrogen-bond acceptors (Lipinski definition) is 3. The van der Waals surface area contributed by atoms with Crippen molar-refractivity contribution in [2.75, 3.05) is 18.4 Å². The Kier molecular flexibility index (Phi) is 5.69.